The van der Waals surface area contributed by atoms with Crippen molar-refractivity contribution in [3.8, 4) is 5.75 Å². The minimum Gasteiger partial charge on any atom is -0.493 e. The molecule has 2 aromatic carbocycles. The van der Waals surface area contributed by atoms with Gasteiger partial charge in [0.25, 0.3) is 11.8 Å². The molecule has 0 unspecified atom stereocenters. The van der Waals surface area contributed by atoms with Gasteiger partial charge in [-0.1, -0.05) is 29.8 Å². The first-order valence-corrected chi connectivity index (χ1v) is 9.52. The quantitative estimate of drug-likeness (QED) is 0.812. The Morgan fingerprint density at radius 1 is 1.14 bits per heavy atom. The van der Waals surface area contributed by atoms with Gasteiger partial charge in [-0.2, -0.15) is 0 Å². The zero-order valence-electron chi connectivity index (χ0n) is 15.7. The van der Waals surface area contributed by atoms with Crippen LogP contribution in [-0.2, 0) is 4.79 Å². The summed E-state index contributed by atoms with van der Waals surface area (Å²) in [5, 5.41) is 3.04. The molecule has 0 aromatic heterocycles. The van der Waals surface area contributed by atoms with Gasteiger partial charge < -0.3 is 10.1 Å². The molecule has 2 aliphatic heterocycles. The van der Waals surface area contributed by atoms with Gasteiger partial charge in [-0.05, 0) is 31.5 Å². The molecule has 2 heterocycles. The van der Waals surface area contributed by atoms with Gasteiger partial charge in [0.1, 0.15) is 5.75 Å². The van der Waals surface area contributed by atoms with Gasteiger partial charge in [-0.25, -0.2) is 0 Å². The van der Waals surface area contributed by atoms with E-state index in [4.69, 9.17) is 4.74 Å². The van der Waals surface area contributed by atoms with Crippen LogP contribution >= 0.6 is 0 Å². The van der Waals surface area contributed by atoms with Crippen molar-refractivity contribution in [3.05, 3.63) is 64.7 Å². The van der Waals surface area contributed by atoms with E-state index in [-0.39, 0.29) is 36.7 Å². The van der Waals surface area contributed by atoms with E-state index in [0.717, 1.165) is 23.3 Å². The van der Waals surface area contributed by atoms with Gasteiger partial charge in [0.2, 0.25) is 5.91 Å². The van der Waals surface area contributed by atoms with Crippen LogP contribution in [0.15, 0.2) is 42.5 Å². The third-order valence-electron chi connectivity index (χ3n) is 5.21. The first-order valence-electron chi connectivity index (χ1n) is 9.52. The van der Waals surface area contributed by atoms with Gasteiger partial charge in [0.05, 0.1) is 23.8 Å². The van der Waals surface area contributed by atoms with Crippen LogP contribution in [0.1, 0.15) is 57.1 Å². The smallest absolute Gasteiger partial charge is 0.261 e. The number of benzene rings is 2. The second kappa shape index (κ2) is 7.46. The highest BCUT2D eigenvalue weighted by Crippen LogP contribution is 2.31. The molecule has 28 heavy (non-hydrogen) atoms. The van der Waals surface area contributed by atoms with Crippen molar-refractivity contribution in [2.24, 2.45) is 0 Å². The molecule has 2 aromatic rings. The Balaban J connectivity index is 1.32. The summed E-state index contributed by atoms with van der Waals surface area (Å²) < 4.78 is 5.61. The summed E-state index contributed by atoms with van der Waals surface area (Å²) in [4.78, 5) is 38.5. The molecule has 0 bridgehead atoms. The minimum atomic E-state index is -0.279. The van der Waals surface area contributed by atoms with Crippen molar-refractivity contribution in [1.82, 2.24) is 10.2 Å². The summed E-state index contributed by atoms with van der Waals surface area (Å²) in [5.41, 5.74) is 2.82. The van der Waals surface area contributed by atoms with Crippen LogP contribution in [0.5, 0.6) is 5.75 Å². The number of fused-ring (bicyclic) bond motifs is 2. The monoisotopic (exact) mass is 378 g/mol. The van der Waals surface area contributed by atoms with Crippen LogP contribution < -0.4 is 10.1 Å². The van der Waals surface area contributed by atoms with Crippen LogP contribution in [0.2, 0.25) is 0 Å². The van der Waals surface area contributed by atoms with E-state index in [9.17, 15) is 14.4 Å². The molecular formula is C22H22N2O4. The van der Waals surface area contributed by atoms with Gasteiger partial charge in [-0.3, -0.25) is 19.3 Å². The van der Waals surface area contributed by atoms with Crippen molar-refractivity contribution in [2.75, 3.05) is 13.2 Å². The summed E-state index contributed by atoms with van der Waals surface area (Å²) in [6.07, 6.45) is 1.41. The van der Waals surface area contributed by atoms with Gasteiger partial charge in [-0.15, -0.1) is 0 Å². The third-order valence-corrected chi connectivity index (χ3v) is 5.21. The second-order valence-electron chi connectivity index (χ2n) is 7.21. The van der Waals surface area contributed by atoms with E-state index in [2.05, 4.69) is 5.32 Å². The third kappa shape index (κ3) is 3.38. The molecule has 0 radical (unpaired) electrons. The number of aryl methyl sites for hydroxylation is 1. The van der Waals surface area contributed by atoms with Gasteiger partial charge >= 0.3 is 0 Å². The number of ether oxygens (including phenoxy) is 1. The number of nitrogens with one attached hydrogen (secondary N) is 1. The fourth-order valence-corrected chi connectivity index (χ4v) is 3.76. The summed E-state index contributed by atoms with van der Waals surface area (Å²) in [6.45, 7) is 2.69. The van der Waals surface area contributed by atoms with E-state index in [1.54, 1.807) is 12.1 Å². The Morgan fingerprint density at radius 3 is 2.79 bits per heavy atom. The summed E-state index contributed by atoms with van der Waals surface area (Å²) in [7, 11) is 0. The number of para-hydroxylation sites is 1. The zero-order chi connectivity index (χ0) is 19.7. The molecule has 144 valence electrons. The Bertz CT molecular complexity index is 953. The molecule has 0 saturated carbocycles. The summed E-state index contributed by atoms with van der Waals surface area (Å²) in [6, 6.07) is 12.9. The number of hydrogen-bond donors (Lipinski definition) is 1. The minimum absolute atomic E-state index is 0.0697. The second-order valence-corrected chi connectivity index (χ2v) is 7.21. The Morgan fingerprint density at radius 2 is 1.93 bits per heavy atom. The number of carbonyl (C=O) groups excluding carboxylic acids is 3. The highest BCUT2D eigenvalue weighted by molar-refractivity contribution is 6.21. The zero-order valence-corrected chi connectivity index (χ0v) is 15.7. The largest absolute Gasteiger partial charge is 0.493 e. The fourth-order valence-electron chi connectivity index (χ4n) is 3.76. The van der Waals surface area contributed by atoms with Crippen LogP contribution in [0.4, 0.5) is 0 Å². The van der Waals surface area contributed by atoms with E-state index in [1.165, 1.54) is 4.90 Å². The maximum Gasteiger partial charge on any atom is 0.261 e. The number of rotatable bonds is 5. The average Bonchev–Trinajstić information content (AvgIpc) is 2.92. The van der Waals surface area contributed by atoms with Crippen LogP contribution in [0, 0.1) is 6.92 Å². The lowest BCUT2D eigenvalue weighted by atomic mass is 10.0. The molecule has 0 aliphatic carbocycles. The van der Waals surface area contributed by atoms with E-state index in [0.29, 0.717) is 24.2 Å². The molecule has 0 saturated heterocycles. The molecule has 0 fully saturated rings. The van der Waals surface area contributed by atoms with Crippen LogP contribution in [-0.4, -0.2) is 35.8 Å². The molecule has 2 aliphatic rings. The predicted octanol–water partition coefficient (Wildman–Crippen LogP) is 3.01. The molecule has 0 spiro atoms. The van der Waals surface area contributed by atoms with Crippen molar-refractivity contribution < 1.29 is 19.1 Å². The maximum atomic E-state index is 12.5. The van der Waals surface area contributed by atoms with Crippen molar-refractivity contribution in [1.29, 1.82) is 0 Å². The lowest BCUT2D eigenvalue weighted by molar-refractivity contribution is -0.122. The van der Waals surface area contributed by atoms with Crippen LogP contribution in [0.25, 0.3) is 0 Å². The molecule has 1 N–H and O–H groups in total. The molecule has 3 amide bonds. The number of carbonyl (C=O) groups is 3. The Kier molecular flexibility index (Phi) is 4.86. The Labute approximate surface area is 163 Å². The SMILES string of the molecule is Cc1ccc2c(c1)C(=O)N(CCCC(=O)N[C@H]1CCOc3ccccc31)C2=O. The predicted molar refractivity (Wildman–Crippen MR) is 103 cm³/mol. The number of nitrogens with zero attached hydrogens (tertiary/aromatic N) is 1. The normalized spacial score (nSPS) is 17.8. The average molecular weight is 378 g/mol. The molecule has 6 heteroatoms. The number of imide groups is 1. The highest BCUT2D eigenvalue weighted by Gasteiger charge is 2.35. The molecule has 6 nitrogen and oxygen atoms in total. The lowest BCUT2D eigenvalue weighted by Gasteiger charge is -2.26. The topological polar surface area (TPSA) is 75.7 Å². The van der Waals surface area contributed by atoms with Crippen LogP contribution in [0.3, 0.4) is 0 Å². The number of hydrogen-bond acceptors (Lipinski definition) is 4. The van der Waals surface area contributed by atoms with Crippen molar-refractivity contribution in [3.63, 3.8) is 0 Å². The molecule has 4 rings (SSSR count). The van der Waals surface area contributed by atoms with E-state index in [1.807, 2.05) is 37.3 Å². The highest BCUT2D eigenvalue weighted by atomic mass is 16.5. The lowest BCUT2D eigenvalue weighted by Crippen LogP contribution is -2.34. The van der Waals surface area contributed by atoms with Crippen molar-refractivity contribution >= 4 is 17.7 Å². The van der Waals surface area contributed by atoms with Gasteiger partial charge in [0.15, 0.2) is 0 Å². The maximum absolute atomic E-state index is 12.5. The first kappa shape index (κ1) is 18.2. The van der Waals surface area contributed by atoms with E-state index >= 15 is 0 Å². The standard InChI is InChI=1S/C22H22N2O4/c1-14-8-9-15-17(13-14)22(27)24(21(15)26)11-4-7-20(25)23-18-10-12-28-19-6-3-2-5-16(18)19/h2-3,5-6,8-9,13,18H,4,7,10-12H2,1H3,(H,23,25)/t18-/m0/s1. The molecule has 1 atom stereocenters. The van der Waals surface area contributed by atoms with Crippen molar-refractivity contribution in [2.45, 2.75) is 32.2 Å². The van der Waals surface area contributed by atoms with E-state index < -0.39 is 0 Å². The Hall–Kier alpha value is -3.15. The number of amides is 3. The molecular weight excluding hydrogens is 356 g/mol. The summed E-state index contributed by atoms with van der Waals surface area (Å²) >= 11 is 0. The fraction of sp³-hybridized carbons (Fsp3) is 0.318. The van der Waals surface area contributed by atoms with Gasteiger partial charge in [0, 0.05) is 24.9 Å². The summed E-state index contributed by atoms with van der Waals surface area (Å²) in [5.74, 6) is 0.163. The first-order chi connectivity index (χ1) is 13.5.